The quantitative estimate of drug-likeness (QED) is 0.521. The SMILES string of the molecule is [2H]c1csc2ccccc12. The molecule has 0 nitrogen and oxygen atoms in total. The van der Waals surface area contributed by atoms with E-state index in [0.717, 1.165) is 5.39 Å². The Kier molecular flexibility index (Phi) is 0.836. The van der Waals surface area contributed by atoms with Crippen LogP contribution in [0.4, 0.5) is 0 Å². The van der Waals surface area contributed by atoms with Gasteiger partial charge in [0, 0.05) is 4.70 Å². The molecule has 0 aliphatic carbocycles. The summed E-state index contributed by atoms with van der Waals surface area (Å²) in [6.07, 6.45) is 0. The highest BCUT2D eigenvalue weighted by Crippen LogP contribution is 2.18. The predicted molar refractivity (Wildman–Crippen MR) is 41.8 cm³/mol. The molecule has 2 aromatic rings. The second-order valence-electron chi connectivity index (χ2n) is 1.88. The summed E-state index contributed by atoms with van der Waals surface area (Å²) in [5.74, 6) is 0. The van der Waals surface area contributed by atoms with Crippen LogP contribution in [0.15, 0.2) is 35.7 Å². The second-order valence-corrected chi connectivity index (χ2v) is 2.79. The molecule has 2 rings (SSSR count). The van der Waals surface area contributed by atoms with Gasteiger partial charge in [0.05, 0.1) is 1.37 Å². The average molecular weight is 135 g/mol. The Labute approximate surface area is 59.2 Å². The first-order valence-electron chi connectivity index (χ1n) is 3.31. The molecule has 0 N–H and O–H groups in total. The van der Waals surface area contributed by atoms with Crippen LogP contribution in [0.3, 0.4) is 0 Å². The third kappa shape index (κ3) is 0.736. The molecule has 0 aliphatic rings. The van der Waals surface area contributed by atoms with Crippen LogP contribution in [0.1, 0.15) is 1.37 Å². The van der Waals surface area contributed by atoms with Crippen molar-refractivity contribution in [3.8, 4) is 0 Å². The molecular formula is C8H6S. The highest BCUT2D eigenvalue weighted by molar-refractivity contribution is 7.17. The zero-order valence-electron chi connectivity index (χ0n) is 5.79. The highest BCUT2D eigenvalue weighted by Gasteiger charge is 1.87. The fraction of sp³-hybridized carbons (Fsp3) is 0. The van der Waals surface area contributed by atoms with Crippen LogP contribution >= 0.6 is 11.3 Å². The Hall–Kier alpha value is -0.820. The Morgan fingerprint density at radius 3 is 3.11 bits per heavy atom. The van der Waals surface area contributed by atoms with Crippen LogP contribution in [0.5, 0.6) is 0 Å². The predicted octanol–water partition coefficient (Wildman–Crippen LogP) is 2.90. The van der Waals surface area contributed by atoms with Gasteiger partial charge in [-0.3, -0.25) is 0 Å². The van der Waals surface area contributed by atoms with E-state index >= 15 is 0 Å². The standard InChI is InChI=1S/C8H6S/c1-2-4-8-7(3-1)5-6-9-8/h1-6H/i5D. The van der Waals surface area contributed by atoms with E-state index in [4.69, 9.17) is 1.37 Å². The lowest BCUT2D eigenvalue weighted by Crippen LogP contribution is -1.56. The molecule has 44 valence electrons. The number of thiophene rings is 1. The third-order valence-corrected chi connectivity index (χ3v) is 2.13. The molecule has 9 heavy (non-hydrogen) atoms. The van der Waals surface area contributed by atoms with Gasteiger partial charge in [-0.15, -0.1) is 11.3 Å². The highest BCUT2D eigenvalue weighted by atomic mass is 32.1. The summed E-state index contributed by atoms with van der Waals surface area (Å²) in [6.45, 7) is 0. The monoisotopic (exact) mass is 135 g/mol. The lowest BCUT2D eigenvalue weighted by atomic mass is 10.3. The largest absolute Gasteiger partial charge is 0.144 e. The first kappa shape index (κ1) is 4.07. The van der Waals surface area contributed by atoms with E-state index in [2.05, 4.69) is 0 Å². The normalized spacial score (nSPS) is 11.8. The summed E-state index contributed by atoms with van der Waals surface area (Å²) in [5.41, 5.74) is 0. The first-order valence-corrected chi connectivity index (χ1v) is 3.69. The molecule has 1 heterocycles. The van der Waals surface area contributed by atoms with Crippen molar-refractivity contribution >= 4 is 21.4 Å². The molecule has 0 saturated carbocycles. The fourth-order valence-electron chi connectivity index (χ4n) is 0.845. The number of hydrogen-bond donors (Lipinski definition) is 0. The average Bonchev–Trinajstić information content (AvgIpc) is 2.34. The van der Waals surface area contributed by atoms with E-state index in [-0.39, 0.29) is 0 Å². The number of fused-ring (bicyclic) bond motifs is 1. The number of benzene rings is 1. The van der Waals surface area contributed by atoms with Crippen LogP contribution in [-0.2, 0) is 0 Å². The van der Waals surface area contributed by atoms with Crippen molar-refractivity contribution in [3.63, 3.8) is 0 Å². The number of hydrogen-bond acceptors (Lipinski definition) is 1. The van der Waals surface area contributed by atoms with Crippen LogP contribution in [-0.4, -0.2) is 0 Å². The van der Waals surface area contributed by atoms with Gasteiger partial charge in [0.2, 0.25) is 0 Å². The van der Waals surface area contributed by atoms with Gasteiger partial charge < -0.3 is 0 Å². The van der Waals surface area contributed by atoms with Gasteiger partial charge in [-0.25, -0.2) is 0 Å². The smallest absolute Gasteiger partial charge is 0.0638 e. The molecule has 0 unspecified atom stereocenters. The van der Waals surface area contributed by atoms with Crippen molar-refractivity contribution in [1.82, 2.24) is 0 Å². The minimum absolute atomic E-state index is 0.639. The summed E-state index contributed by atoms with van der Waals surface area (Å²) in [4.78, 5) is 0. The zero-order chi connectivity index (χ0) is 6.97. The van der Waals surface area contributed by atoms with Crippen LogP contribution in [0, 0.1) is 0 Å². The van der Waals surface area contributed by atoms with E-state index in [0.29, 0.717) is 6.04 Å². The summed E-state index contributed by atoms with van der Waals surface area (Å²) >= 11 is 1.63. The van der Waals surface area contributed by atoms with E-state index in [1.165, 1.54) is 4.70 Å². The maximum Gasteiger partial charge on any atom is 0.0638 e. The van der Waals surface area contributed by atoms with Gasteiger partial charge in [-0.2, -0.15) is 0 Å². The number of rotatable bonds is 0. The molecule has 0 radical (unpaired) electrons. The van der Waals surface area contributed by atoms with Crippen molar-refractivity contribution in [3.05, 3.63) is 35.7 Å². The van der Waals surface area contributed by atoms with Crippen molar-refractivity contribution in [1.29, 1.82) is 0 Å². The molecular weight excluding hydrogens is 128 g/mol. The maximum absolute atomic E-state index is 7.45. The molecule has 0 amide bonds. The van der Waals surface area contributed by atoms with Gasteiger partial charge in [0.25, 0.3) is 0 Å². The molecule has 0 saturated heterocycles. The molecule has 0 bridgehead atoms. The topological polar surface area (TPSA) is 0 Å². The third-order valence-electron chi connectivity index (χ3n) is 1.29. The minimum Gasteiger partial charge on any atom is -0.144 e. The second kappa shape index (κ2) is 1.85. The molecule has 1 heteroatoms. The Morgan fingerprint density at radius 2 is 2.22 bits per heavy atom. The van der Waals surface area contributed by atoms with Crippen LogP contribution in [0.25, 0.3) is 10.1 Å². The Morgan fingerprint density at radius 1 is 1.33 bits per heavy atom. The van der Waals surface area contributed by atoms with Gasteiger partial charge in [0.1, 0.15) is 0 Å². The molecule has 1 aromatic heterocycles. The van der Waals surface area contributed by atoms with E-state index in [9.17, 15) is 0 Å². The van der Waals surface area contributed by atoms with Gasteiger partial charge >= 0.3 is 0 Å². The Balaban J connectivity index is 2.93. The van der Waals surface area contributed by atoms with Crippen molar-refractivity contribution in [2.75, 3.05) is 0 Å². The first-order chi connectivity index (χ1) is 4.88. The lowest BCUT2D eigenvalue weighted by Gasteiger charge is -1.82. The molecule has 0 aliphatic heterocycles. The summed E-state index contributed by atoms with van der Waals surface area (Å²) < 4.78 is 8.66. The Bertz CT molecular complexity index is 351. The molecule has 0 atom stereocenters. The van der Waals surface area contributed by atoms with E-state index < -0.39 is 0 Å². The van der Waals surface area contributed by atoms with Crippen LogP contribution < -0.4 is 0 Å². The van der Waals surface area contributed by atoms with Gasteiger partial charge in [-0.1, -0.05) is 18.2 Å². The fourth-order valence-corrected chi connectivity index (χ4v) is 1.57. The summed E-state index contributed by atoms with van der Waals surface area (Å²) in [7, 11) is 0. The molecule has 0 spiro atoms. The lowest BCUT2D eigenvalue weighted by molar-refractivity contribution is 1.86. The minimum atomic E-state index is 0.639. The van der Waals surface area contributed by atoms with Gasteiger partial charge in [0.15, 0.2) is 0 Å². The van der Waals surface area contributed by atoms with Crippen molar-refractivity contribution < 1.29 is 1.37 Å². The maximum atomic E-state index is 7.45. The van der Waals surface area contributed by atoms with Crippen molar-refractivity contribution in [2.24, 2.45) is 0 Å². The summed E-state index contributed by atoms with van der Waals surface area (Å²) in [6, 6.07) is 8.62. The molecule has 1 aromatic carbocycles. The van der Waals surface area contributed by atoms with Crippen molar-refractivity contribution in [2.45, 2.75) is 0 Å². The zero-order valence-corrected chi connectivity index (χ0v) is 5.61. The summed E-state index contributed by atoms with van der Waals surface area (Å²) in [5, 5.41) is 2.93. The van der Waals surface area contributed by atoms with E-state index in [1.54, 1.807) is 11.3 Å². The molecule has 0 fully saturated rings. The van der Waals surface area contributed by atoms with Gasteiger partial charge in [-0.05, 0) is 22.9 Å². The van der Waals surface area contributed by atoms with E-state index in [1.807, 2.05) is 29.6 Å². The van der Waals surface area contributed by atoms with Crippen LogP contribution in [0.2, 0.25) is 0 Å².